The van der Waals surface area contributed by atoms with E-state index in [9.17, 15) is 14.9 Å². The van der Waals surface area contributed by atoms with Gasteiger partial charge < -0.3 is 10.1 Å². The van der Waals surface area contributed by atoms with Gasteiger partial charge in [0.05, 0.1) is 17.6 Å². The summed E-state index contributed by atoms with van der Waals surface area (Å²) in [7, 11) is 0. The molecule has 1 rings (SSSR count). The van der Waals surface area contributed by atoms with Gasteiger partial charge in [0.15, 0.2) is 0 Å². The van der Waals surface area contributed by atoms with E-state index < -0.39 is 4.92 Å². The van der Waals surface area contributed by atoms with E-state index in [1.807, 2.05) is 0 Å². The lowest BCUT2D eigenvalue weighted by atomic mass is 10.2. The second-order valence-corrected chi connectivity index (χ2v) is 3.95. The third kappa shape index (κ3) is 4.03. The Morgan fingerprint density at radius 1 is 1.59 bits per heavy atom. The fourth-order valence-corrected chi connectivity index (χ4v) is 1.37. The van der Waals surface area contributed by atoms with Crippen molar-refractivity contribution in [1.82, 2.24) is 0 Å². The van der Waals surface area contributed by atoms with E-state index in [4.69, 9.17) is 4.74 Å². The Hall–Kier alpha value is -1.63. The Balaban J connectivity index is 2.99. The fraction of sp³-hybridized carbons (Fsp3) is 0.300. The molecule has 17 heavy (non-hydrogen) atoms. The lowest BCUT2D eigenvalue weighted by Crippen LogP contribution is -2.08. The largest absolute Gasteiger partial charge is 0.492 e. The number of amides is 1. The first-order chi connectivity index (χ1) is 8.04. The summed E-state index contributed by atoms with van der Waals surface area (Å²) in [5.74, 6) is 0.0347. The van der Waals surface area contributed by atoms with E-state index in [0.717, 1.165) is 0 Å². The molecule has 0 fully saturated rings. The summed E-state index contributed by atoms with van der Waals surface area (Å²) < 4.78 is 5.24. The number of nitrogens with zero attached hydrogens (tertiary/aromatic N) is 1. The first kappa shape index (κ1) is 13.4. The summed E-state index contributed by atoms with van der Waals surface area (Å²) in [4.78, 5) is 21.1. The molecule has 0 aliphatic rings. The number of carbonyl (C=O) groups excluding carboxylic acids is 1. The number of benzene rings is 1. The molecule has 0 bridgehead atoms. The Morgan fingerprint density at radius 3 is 2.82 bits per heavy atom. The molecule has 6 nitrogen and oxygen atoms in total. The molecule has 0 radical (unpaired) electrons. The molecule has 0 atom stereocenters. The zero-order valence-electron chi connectivity index (χ0n) is 9.10. The molecule has 0 heterocycles. The van der Waals surface area contributed by atoms with Crippen LogP contribution < -0.4 is 10.1 Å². The highest BCUT2D eigenvalue weighted by molar-refractivity contribution is 9.09. The minimum Gasteiger partial charge on any atom is -0.492 e. The molecule has 1 aromatic rings. The minimum atomic E-state index is -0.563. The van der Waals surface area contributed by atoms with Crippen molar-refractivity contribution in [1.29, 1.82) is 0 Å². The first-order valence-corrected chi connectivity index (χ1v) is 5.91. The lowest BCUT2D eigenvalue weighted by molar-refractivity contribution is -0.384. The Labute approximate surface area is 106 Å². The van der Waals surface area contributed by atoms with Crippen LogP contribution in [0.2, 0.25) is 0 Å². The maximum Gasteiger partial charge on any atom is 0.296 e. The number of carbonyl (C=O) groups is 1. The lowest BCUT2D eigenvalue weighted by Gasteiger charge is -2.07. The highest BCUT2D eigenvalue weighted by atomic mass is 79.9. The molecule has 0 spiro atoms. The third-order valence-electron chi connectivity index (χ3n) is 1.82. The molecule has 0 aliphatic carbocycles. The molecule has 92 valence electrons. The average Bonchev–Trinajstić information content (AvgIpc) is 2.26. The molecule has 1 aromatic carbocycles. The van der Waals surface area contributed by atoms with Gasteiger partial charge in [0.1, 0.15) is 11.4 Å². The number of rotatable bonds is 5. The highest BCUT2D eigenvalue weighted by Crippen LogP contribution is 2.29. The van der Waals surface area contributed by atoms with Crippen LogP contribution in [0.1, 0.15) is 6.92 Å². The number of hydrogen-bond acceptors (Lipinski definition) is 4. The van der Waals surface area contributed by atoms with Crippen LogP contribution in [-0.2, 0) is 4.79 Å². The van der Waals surface area contributed by atoms with Crippen LogP contribution >= 0.6 is 15.9 Å². The van der Waals surface area contributed by atoms with Gasteiger partial charge in [-0.25, -0.2) is 0 Å². The van der Waals surface area contributed by atoms with Gasteiger partial charge in [-0.1, -0.05) is 15.9 Å². The molecular formula is C10H11BrN2O4. The van der Waals surface area contributed by atoms with Crippen molar-refractivity contribution in [2.45, 2.75) is 6.92 Å². The monoisotopic (exact) mass is 302 g/mol. The van der Waals surface area contributed by atoms with Crippen molar-refractivity contribution in [3.8, 4) is 5.75 Å². The van der Waals surface area contributed by atoms with Crippen molar-refractivity contribution < 1.29 is 14.5 Å². The standard InChI is InChI=1S/C10H11BrN2O4/c1-7(14)12-9-3-2-8(17-5-4-11)6-10(9)13(15)16/h2-3,6H,4-5H2,1H3,(H,12,14). The van der Waals surface area contributed by atoms with E-state index in [2.05, 4.69) is 21.2 Å². The quantitative estimate of drug-likeness (QED) is 0.514. The second kappa shape index (κ2) is 6.19. The Morgan fingerprint density at radius 2 is 2.29 bits per heavy atom. The predicted octanol–water partition coefficient (Wildman–Crippen LogP) is 2.33. The van der Waals surface area contributed by atoms with Gasteiger partial charge in [0.2, 0.25) is 5.91 Å². The Kier molecular flexibility index (Phi) is 4.89. The van der Waals surface area contributed by atoms with Crippen LogP contribution in [-0.4, -0.2) is 22.8 Å². The normalized spacial score (nSPS) is 9.76. The SMILES string of the molecule is CC(=O)Nc1ccc(OCCBr)cc1[N+](=O)[O-]. The maximum atomic E-state index is 10.9. The third-order valence-corrected chi connectivity index (χ3v) is 2.15. The van der Waals surface area contributed by atoms with Gasteiger partial charge >= 0.3 is 0 Å². The summed E-state index contributed by atoms with van der Waals surface area (Å²) in [6.45, 7) is 1.70. The molecule has 0 saturated carbocycles. The number of anilines is 1. The molecule has 0 unspecified atom stereocenters. The van der Waals surface area contributed by atoms with E-state index in [1.54, 1.807) is 6.07 Å². The summed E-state index contributed by atoms with van der Waals surface area (Å²) in [6.07, 6.45) is 0. The zero-order chi connectivity index (χ0) is 12.8. The van der Waals surface area contributed by atoms with Crippen LogP contribution in [0.4, 0.5) is 11.4 Å². The first-order valence-electron chi connectivity index (χ1n) is 4.79. The van der Waals surface area contributed by atoms with Gasteiger partial charge in [-0.2, -0.15) is 0 Å². The Bertz CT molecular complexity index is 436. The number of nitrogens with one attached hydrogen (secondary N) is 1. The van der Waals surface area contributed by atoms with Crippen molar-refractivity contribution in [3.05, 3.63) is 28.3 Å². The second-order valence-electron chi connectivity index (χ2n) is 3.15. The predicted molar refractivity (Wildman–Crippen MR) is 66.7 cm³/mol. The van der Waals surface area contributed by atoms with Crippen LogP contribution in [0.5, 0.6) is 5.75 Å². The number of nitro benzene ring substituents is 1. The van der Waals surface area contributed by atoms with Crippen molar-refractivity contribution in [2.24, 2.45) is 0 Å². The van der Waals surface area contributed by atoms with Crippen LogP contribution in [0.15, 0.2) is 18.2 Å². The molecule has 1 amide bonds. The van der Waals surface area contributed by atoms with Gasteiger partial charge in [-0.3, -0.25) is 14.9 Å². The van der Waals surface area contributed by atoms with E-state index in [0.29, 0.717) is 17.7 Å². The van der Waals surface area contributed by atoms with Gasteiger partial charge in [-0.05, 0) is 12.1 Å². The van der Waals surface area contributed by atoms with E-state index >= 15 is 0 Å². The highest BCUT2D eigenvalue weighted by Gasteiger charge is 2.15. The number of nitro groups is 1. The molecule has 7 heteroatoms. The summed E-state index contributed by atoms with van der Waals surface area (Å²) in [5.41, 5.74) is -0.0269. The van der Waals surface area contributed by atoms with Gasteiger partial charge in [-0.15, -0.1) is 0 Å². The average molecular weight is 303 g/mol. The van der Waals surface area contributed by atoms with Gasteiger partial charge in [0.25, 0.3) is 5.69 Å². The smallest absolute Gasteiger partial charge is 0.296 e. The summed E-state index contributed by atoms with van der Waals surface area (Å²) in [5, 5.41) is 13.8. The maximum absolute atomic E-state index is 10.9. The van der Waals surface area contributed by atoms with Crippen LogP contribution in [0, 0.1) is 10.1 Å². The molecule has 0 aliphatic heterocycles. The summed E-state index contributed by atoms with van der Waals surface area (Å²) in [6, 6.07) is 4.30. The molecule has 0 aromatic heterocycles. The molecule has 1 N–H and O–H groups in total. The van der Waals surface area contributed by atoms with Crippen LogP contribution in [0.3, 0.4) is 0 Å². The number of ether oxygens (including phenoxy) is 1. The molecule has 0 saturated heterocycles. The zero-order valence-corrected chi connectivity index (χ0v) is 10.7. The van der Waals surface area contributed by atoms with E-state index in [-0.39, 0.29) is 17.3 Å². The van der Waals surface area contributed by atoms with Crippen molar-refractivity contribution in [2.75, 3.05) is 17.3 Å². The number of alkyl halides is 1. The molecular weight excluding hydrogens is 292 g/mol. The van der Waals surface area contributed by atoms with E-state index in [1.165, 1.54) is 19.1 Å². The van der Waals surface area contributed by atoms with Crippen molar-refractivity contribution >= 4 is 33.2 Å². The fourth-order valence-electron chi connectivity index (χ4n) is 1.20. The minimum absolute atomic E-state index is 0.161. The topological polar surface area (TPSA) is 81.5 Å². The van der Waals surface area contributed by atoms with Crippen LogP contribution in [0.25, 0.3) is 0 Å². The number of hydrogen-bond donors (Lipinski definition) is 1. The van der Waals surface area contributed by atoms with Crippen molar-refractivity contribution in [3.63, 3.8) is 0 Å². The summed E-state index contributed by atoms with van der Waals surface area (Å²) >= 11 is 3.19. The van der Waals surface area contributed by atoms with Gasteiger partial charge in [0, 0.05) is 12.3 Å². The number of halogens is 1.